The van der Waals surface area contributed by atoms with Crippen LogP contribution in [0.25, 0.3) is 0 Å². The van der Waals surface area contributed by atoms with E-state index in [1.807, 2.05) is 60.7 Å². The first-order valence-electron chi connectivity index (χ1n) is 13.0. The molecule has 2 aromatic rings. The molecule has 0 aromatic heterocycles. The van der Waals surface area contributed by atoms with E-state index < -0.39 is 25.2 Å². The van der Waals surface area contributed by atoms with Gasteiger partial charge in [-0.3, -0.25) is 0 Å². The zero-order valence-electron chi connectivity index (χ0n) is 23.3. The molecule has 10 heteroatoms. The second-order valence-electron chi connectivity index (χ2n) is 9.14. The lowest BCUT2D eigenvalue weighted by Gasteiger charge is -2.38. The van der Waals surface area contributed by atoms with Crippen LogP contribution in [0.15, 0.2) is 60.7 Å². The normalized spacial score (nSPS) is 27.3. The molecule has 0 aliphatic carbocycles. The predicted octanol–water partition coefficient (Wildman–Crippen LogP) is 3.60. The van der Waals surface area contributed by atoms with Crippen LogP contribution in [0.5, 0.6) is 0 Å². The van der Waals surface area contributed by atoms with Crippen LogP contribution in [0.4, 0.5) is 0 Å². The van der Waals surface area contributed by atoms with Gasteiger partial charge in [0.2, 0.25) is 0 Å². The van der Waals surface area contributed by atoms with Crippen molar-refractivity contribution in [1.82, 2.24) is 0 Å². The summed E-state index contributed by atoms with van der Waals surface area (Å²) in [5.41, 5.74) is 1.89. The van der Waals surface area contributed by atoms with Crippen LogP contribution in [0.2, 0.25) is 0 Å². The number of hydrogen-bond acceptors (Lipinski definition) is 10. The highest BCUT2D eigenvalue weighted by Crippen LogP contribution is 2.33. The molecule has 0 bridgehead atoms. The summed E-state index contributed by atoms with van der Waals surface area (Å²) in [6.07, 6.45) is -1.40. The molecule has 1 N–H and O–H groups in total. The average Bonchev–Trinajstić information content (AvgIpc) is 2.99. The minimum Gasteiger partial charge on any atom is -0.394 e. The van der Waals surface area contributed by atoms with E-state index in [4.69, 9.17) is 42.6 Å². The van der Waals surface area contributed by atoms with Gasteiger partial charge in [0, 0.05) is 59.5 Å². The third kappa shape index (κ3) is 9.29. The largest absolute Gasteiger partial charge is 0.394 e. The van der Waals surface area contributed by atoms with Gasteiger partial charge in [0.25, 0.3) is 0 Å². The van der Waals surface area contributed by atoms with Crippen LogP contribution in [0, 0.1) is 0 Å². The molecule has 0 amide bonds. The van der Waals surface area contributed by atoms with Crippen molar-refractivity contribution in [3.8, 4) is 0 Å². The molecular weight excluding hydrogens is 508 g/mol. The molecule has 218 valence electrons. The molecule has 0 saturated carbocycles. The molecule has 39 heavy (non-hydrogen) atoms. The van der Waals surface area contributed by atoms with Crippen LogP contribution >= 0.6 is 0 Å². The minimum absolute atomic E-state index is 0.0447. The van der Waals surface area contributed by atoms with Crippen molar-refractivity contribution < 1.29 is 47.7 Å². The van der Waals surface area contributed by atoms with E-state index in [9.17, 15) is 5.11 Å². The fraction of sp³-hybridized carbons (Fsp3) is 0.586. The quantitative estimate of drug-likeness (QED) is 0.418. The molecule has 2 aromatic carbocycles. The summed E-state index contributed by atoms with van der Waals surface area (Å²) < 4.78 is 49.7. The Bertz CT molecular complexity index is 893. The van der Waals surface area contributed by atoms with Gasteiger partial charge >= 0.3 is 0 Å². The third-order valence-electron chi connectivity index (χ3n) is 6.46. The Balaban J connectivity index is 0.000000216. The Hall–Kier alpha value is -1.96. The Morgan fingerprint density at radius 1 is 0.641 bits per heavy atom. The summed E-state index contributed by atoms with van der Waals surface area (Å²) in [5, 5.41) is 9.34. The molecule has 2 fully saturated rings. The highest BCUT2D eigenvalue weighted by atomic mass is 16.7. The number of aliphatic hydroxyl groups excluding tert-OH is 1. The summed E-state index contributed by atoms with van der Waals surface area (Å²) in [6.45, 7) is 0.465. The Labute approximate surface area is 231 Å². The molecule has 2 aliphatic heterocycles. The molecule has 0 spiro atoms. The van der Waals surface area contributed by atoms with E-state index >= 15 is 0 Å². The molecule has 2 saturated heterocycles. The van der Waals surface area contributed by atoms with Crippen LogP contribution in [-0.4, -0.2) is 90.9 Å². The van der Waals surface area contributed by atoms with Gasteiger partial charge in [-0.1, -0.05) is 60.7 Å². The first kappa shape index (κ1) is 31.6. The lowest BCUT2D eigenvalue weighted by atomic mass is 10.1. The van der Waals surface area contributed by atoms with Crippen LogP contribution in [0.1, 0.15) is 36.5 Å². The van der Waals surface area contributed by atoms with E-state index in [0.717, 1.165) is 11.1 Å². The molecular formula is C29H42O10. The predicted molar refractivity (Wildman–Crippen MR) is 142 cm³/mol. The second-order valence-corrected chi connectivity index (χ2v) is 9.14. The van der Waals surface area contributed by atoms with E-state index in [1.165, 1.54) is 0 Å². The van der Waals surface area contributed by atoms with Gasteiger partial charge in [-0.05, 0) is 0 Å². The fourth-order valence-electron chi connectivity index (χ4n) is 4.57. The zero-order chi connectivity index (χ0) is 28.0. The molecule has 10 nitrogen and oxygen atoms in total. The highest BCUT2D eigenvalue weighted by Gasteiger charge is 2.37. The van der Waals surface area contributed by atoms with Gasteiger partial charge in [0.1, 0.15) is 12.2 Å². The maximum Gasteiger partial charge on any atom is 0.184 e. The van der Waals surface area contributed by atoms with Crippen molar-refractivity contribution in [3.05, 3.63) is 71.8 Å². The van der Waals surface area contributed by atoms with Crippen molar-refractivity contribution in [2.45, 2.75) is 62.4 Å². The number of benzene rings is 2. The summed E-state index contributed by atoms with van der Waals surface area (Å²) in [4.78, 5) is 0. The van der Waals surface area contributed by atoms with Crippen molar-refractivity contribution in [2.24, 2.45) is 0 Å². The lowest BCUT2D eigenvalue weighted by molar-refractivity contribution is -0.301. The van der Waals surface area contributed by atoms with Gasteiger partial charge in [-0.15, -0.1) is 0 Å². The third-order valence-corrected chi connectivity index (χ3v) is 6.46. The van der Waals surface area contributed by atoms with Gasteiger partial charge in [0.15, 0.2) is 25.2 Å². The van der Waals surface area contributed by atoms with Crippen molar-refractivity contribution in [1.29, 1.82) is 0 Å². The lowest BCUT2D eigenvalue weighted by Crippen LogP contribution is -2.43. The molecule has 6 unspecified atom stereocenters. The number of methoxy groups -OCH3 is 5. The zero-order valence-corrected chi connectivity index (χ0v) is 23.3. The number of rotatable bonds is 11. The molecule has 6 atom stereocenters. The highest BCUT2D eigenvalue weighted by molar-refractivity contribution is 5.17. The topological polar surface area (TPSA) is 103 Å². The van der Waals surface area contributed by atoms with Gasteiger partial charge < -0.3 is 47.7 Å². The summed E-state index contributed by atoms with van der Waals surface area (Å²) >= 11 is 0. The van der Waals surface area contributed by atoms with Crippen molar-refractivity contribution >= 4 is 0 Å². The first-order valence-corrected chi connectivity index (χ1v) is 13.0. The fourth-order valence-corrected chi connectivity index (χ4v) is 4.57. The van der Waals surface area contributed by atoms with E-state index in [0.29, 0.717) is 19.4 Å². The van der Waals surface area contributed by atoms with E-state index in [-0.39, 0.29) is 31.0 Å². The second kappa shape index (κ2) is 17.0. The van der Waals surface area contributed by atoms with Crippen molar-refractivity contribution in [3.63, 3.8) is 0 Å². The van der Waals surface area contributed by atoms with Gasteiger partial charge in [0.05, 0.1) is 25.4 Å². The molecule has 0 radical (unpaired) electrons. The molecule has 2 heterocycles. The van der Waals surface area contributed by atoms with E-state index in [2.05, 4.69) is 0 Å². The Morgan fingerprint density at radius 2 is 1.05 bits per heavy atom. The number of hydrogen-bond donors (Lipinski definition) is 1. The van der Waals surface area contributed by atoms with Crippen LogP contribution in [0.3, 0.4) is 0 Å². The Kier molecular flexibility index (Phi) is 13.7. The summed E-state index contributed by atoms with van der Waals surface area (Å²) in [6, 6.07) is 19.5. The van der Waals surface area contributed by atoms with Crippen LogP contribution in [-0.2, 0) is 42.6 Å². The van der Waals surface area contributed by atoms with Gasteiger partial charge in [-0.2, -0.15) is 0 Å². The minimum atomic E-state index is -0.509. The van der Waals surface area contributed by atoms with E-state index in [1.54, 1.807) is 35.5 Å². The maximum atomic E-state index is 9.34. The number of ether oxygens (including phenoxy) is 9. The van der Waals surface area contributed by atoms with Crippen LogP contribution < -0.4 is 0 Å². The maximum absolute atomic E-state index is 9.34. The summed E-state index contributed by atoms with van der Waals surface area (Å²) in [7, 11) is 8.01. The number of aliphatic hydroxyl groups is 1. The smallest absolute Gasteiger partial charge is 0.184 e. The SMILES string of the molecule is COC(OC)C1CC(CO)OC(c2ccccc2)O1.COCC1CC(C(OC)OC)OC(c2ccccc2)O1. The molecule has 2 aliphatic rings. The average molecular weight is 551 g/mol. The Morgan fingerprint density at radius 3 is 1.44 bits per heavy atom. The molecule has 4 rings (SSSR count). The summed E-state index contributed by atoms with van der Waals surface area (Å²) in [5.74, 6) is 0. The van der Waals surface area contributed by atoms with Gasteiger partial charge in [-0.25, -0.2) is 0 Å². The van der Waals surface area contributed by atoms with Crippen molar-refractivity contribution in [2.75, 3.05) is 48.8 Å². The monoisotopic (exact) mass is 550 g/mol. The first-order chi connectivity index (χ1) is 19.1. The standard InChI is InChI=1S/C15H22O5.C14H20O5/c1-16-10-12-9-13(15(17-2)18-3)20-14(19-12)11-7-5-4-6-8-11;1-16-14(17-2)12-8-11(9-15)18-13(19-12)10-6-4-3-5-7-10/h4-8,12-15H,9-10H2,1-3H3;3-7,11-15H,8-9H2,1-2H3.